The Kier molecular flexibility index (Phi) is 11.6. The summed E-state index contributed by atoms with van der Waals surface area (Å²) < 4.78 is 36.5. The van der Waals surface area contributed by atoms with Gasteiger partial charge in [0.05, 0.1) is 22.4 Å². The highest BCUT2D eigenvalue weighted by Gasteiger charge is 2.32. The van der Waals surface area contributed by atoms with Crippen LogP contribution in [0.25, 0.3) is 32.9 Å². The number of hydrogen-bond donors (Lipinski definition) is 2. The second kappa shape index (κ2) is 17.4. The van der Waals surface area contributed by atoms with Gasteiger partial charge in [-0.15, -0.1) is 0 Å². The Balaban J connectivity index is 0.909. The zero-order chi connectivity index (χ0) is 43.9. The molecule has 3 aliphatic heterocycles. The van der Waals surface area contributed by atoms with Gasteiger partial charge in [-0.3, -0.25) is 38.8 Å². The summed E-state index contributed by atoms with van der Waals surface area (Å²) in [6, 6.07) is 15.9. The number of benzene rings is 3. The number of aromatic nitrogens is 5. The molecule has 3 fully saturated rings. The smallest absolute Gasteiger partial charge is 0.269 e. The Morgan fingerprint density at radius 3 is 2.52 bits per heavy atom. The zero-order valence-corrected chi connectivity index (χ0v) is 35.9. The number of piperidine rings is 2. The van der Waals surface area contributed by atoms with Crippen molar-refractivity contribution in [1.29, 1.82) is 0 Å². The topological polar surface area (TPSA) is 145 Å². The fourth-order valence-electron chi connectivity index (χ4n) is 9.68. The summed E-state index contributed by atoms with van der Waals surface area (Å²) in [5, 5.41) is 12.9. The van der Waals surface area contributed by atoms with Gasteiger partial charge >= 0.3 is 0 Å². The van der Waals surface area contributed by atoms with Gasteiger partial charge in [-0.25, -0.2) is 8.78 Å². The van der Waals surface area contributed by atoms with Crippen molar-refractivity contribution in [3.63, 3.8) is 0 Å². The van der Waals surface area contributed by atoms with Crippen molar-refractivity contribution >= 4 is 51.1 Å². The van der Waals surface area contributed by atoms with Crippen molar-refractivity contribution in [2.24, 2.45) is 0 Å². The van der Waals surface area contributed by atoms with Crippen LogP contribution in [0.3, 0.4) is 0 Å². The van der Waals surface area contributed by atoms with Crippen molar-refractivity contribution in [3.05, 3.63) is 101 Å². The van der Waals surface area contributed by atoms with Gasteiger partial charge < -0.3 is 19.7 Å². The summed E-state index contributed by atoms with van der Waals surface area (Å²) in [6.45, 7) is 6.89. The third-order valence-corrected chi connectivity index (χ3v) is 13.0. The number of aryl methyl sites for hydroxylation is 2. The fraction of sp³-hybridized carbons (Fsp3) is 0.404. The van der Waals surface area contributed by atoms with Gasteiger partial charge in [-0.05, 0) is 91.3 Å². The number of piperazine rings is 1. The van der Waals surface area contributed by atoms with E-state index in [2.05, 4.69) is 31.3 Å². The molecule has 9 rings (SSSR count). The lowest BCUT2D eigenvalue weighted by Crippen LogP contribution is -2.47. The Hall–Kier alpha value is -6.42. The predicted octanol–water partition coefficient (Wildman–Crippen LogP) is 5.81. The SMILES string of the molecule is Cc1nn(C2CCC(=O)NC2=O)c2cccc(CCN3CCN(c4ccc(-c5cc([C@H]6CCCN(C(=O)CCn7cccn7)C6)c(F)c6[nH]c(C(=O)N(C)C)cc56)cc4F)CC3)c12. The molecule has 3 saturated heterocycles. The molecule has 4 amide bonds. The zero-order valence-electron chi connectivity index (χ0n) is 35.9. The van der Waals surface area contributed by atoms with Gasteiger partial charge in [-0.1, -0.05) is 18.2 Å². The molecule has 328 valence electrons. The van der Waals surface area contributed by atoms with Crippen LogP contribution in [-0.4, -0.2) is 123 Å². The van der Waals surface area contributed by atoms with E-state index in [1.807, 2.05) is 37.4 Å². The highest BCUT2D eigenvalue weighted by Crippen LogP contribution is 2.40. The monoisotopic (exact) mass is 858 g/mol. The number of halogens is 2. The van der Waals surface area contributed by atoms with E-state index in [9.17, 15) is 19.2 Å². The number of hydrogen-bond acceptors (Lipinski definition) is 8. The van der Waals surface area contributed by atoms with E-state index in [1.165, 1.54) is 11.0 Å². The second-order valence-electron chi connectivity index (χ2n) is 17.2. The summed E-state index contributed by atoms with van der Waals surface area (Å²) in [4.78, 5) is 61.5. The molecule has 3 aliphatic rings. The summed E-state index contributed by atoms with van der Waals surface area (Å²) in [7, 11) is 3.27. The maximum absolute atomic E-state index is 16.7. The number of nitrogens with one attached hydrogen (secondary N) is 2. The number of imide groups is 1. The van der Waals surface area contributed by atoms with E-state index in [-0.39, 0.29) is 59.4 Å². The maximum Gasteiger partial charge on any atom is 0.269 e. The second-order valence-corrected chi connectivity index (χ2v) is 17.2. The summed E-state index contributed by atoms with van der Waals surface area (Å²) in [5.41, 5.74) is 5.39. The van der Waals surface area contributed by atoms with E-state index in [0.29, 0.717) is 79.8 Å². The number of rotatable bonds is 11. The Morgan fingerprint density at radius 1 is 0.952 bits per heavy atom. The van der Waals surface area contributed by atoms with E-state index in [4.69, 9.17) is 5.10 Å². The van der Waals surface area contributed by atoms with Gasteiger partial charge in [0.1, 0.15) is 17.6 Å². The number of amides is 4. The minimum Gasteiger partial charge on any atom is -0.367 e. The molecule has 2 atom stereocenters. The fourth-order valence-corrected chi connectivity index (χ4v) is 9.68. The number of anilines is 1. The highest BCUT2D eigenvalue weighted by molar-refractivity contribution is 6.04. The molecule has 63 heavy (non-hydrogen) atoms. The molecule has 3 aromatic carbocycles. The van der Waals surface area contributed by atoms with Crippen LogP contribution >= 0.6 is 0 Å². The van der Waals surface area contributed by atoms with Crippen LogP contribution in [-0.2, 0) is 27.3 Å². The molecule has 0 bridgehead atoms. The number of H-pyrrole nitrogens is 1. The average molecular weight is 859 g/mol. The Labute approximate surface area is 363 Å². The Bertz CT molecular complexity index is 2720. The molecular formula is C47H52F2N10O4. The van der Waals surface area contributed by atoms with Crippen molar-refractivity contribution in [1.82, 2.24) is 44.6 Å². The number of aromatic amines is 1. The minimum absolute atomic E-state index is 0.0151. The molecule has 14 nitrogen and oxygen atoms in total. The van der Waals surface area contributed by atoms with E-state index < -0.39 is 11.9 Å². The van der Waals surface area contributed by atoms with Crippen LogP contribution in [0, 0.1) is 18.6 Å². The van der Waals surface area contributed by atoms with E-state index >= 15 is 8.78 Å². The van der Waals surface area contributed by atoms with Gasteiger partial charge in [0.15, 0.2) is 5.82 Å². The number of carbonyl (C=O) groups excluding carboxylic acids is 4. The average Bonchev–Trinajstić information content (AvgIpc) is 4.05. The van der Waals surface area contributed by atoms with E-state index in [1.54, 1.807) is 52.8 Å². The predicted molar refractivity (Wildman–Crippen MR) is 235 cm³/mol. The third kappa shape index (κ3) is 8.31. The first-order valence-corrected chi connectivity index (χ1v) is 21.8. The van der Waals surface area contributed by atoms with Crippen molar-refractivity contribution in [2.75, 3.05) is 64.8 Å². The van der Waals surface area contributed by atoms with Crippen LogP contribution in [0.4, 0.5) is 14.5 Å². The third-order valence-electron chi connectivity index (χ3n) is 13.0. The largest absolute Gasteiger partial charge is 0.367 e. The summed E-state index contributed by atoms with van der Waals surface area (Å²) >= 11 is 0. The van der Waals surface area contributed by atoms with Crippen LogP contribution in [0.2, 0.25) is 0 Å². The number of carbonyl (C=O) groups is 4. The van der Waals surface area contributed by atoms with Gasteiger partial charge in [0.25, 0.3) is 11.8 Å². The van der Waals surface area contributed by atoms with Crippen LogP contribution in [0.15, 0.2) is 67.0 Å². The molecule has 2 N–H and O–H groups in total. The lowest BCUT2D eigenvalue weighted by Gasteiger charge is -2.36. The van der Waals surface area contributed by atoms with Gasteiger partial charge in [-0.2, -0.15) is 10.2 Å². The lowest BCUT2D eigenvalue weighted by atomic mass is 9.87. The van der Waals surface area contributed by atoms with Crippen molar-refractivity contribution in [2.45, 2.75) is 64.0 Å². The molecule has 1 unspecified atom stereocenters. The van der Waals surface area contributed by atoms with Gasteiger partial charge in [0, 0.05) is 108 Å². The standard InChI is InChI=1S/C47H52F2N10O4/c1-29-43-30(7-4-9-39(43)59(53-29)40-12-13-41(60)52-46(40)62)14-19-55-21-23-56(24-22-55)38-11-10-31(25-36(38)48)33-26-34(44(49)45-35(33)27-37(51-45)47(63)54(2)3)32-8-5-17-57(28-32)42(61)15-20-58-18-6-16-50-58/h4,6-7,9-11,16,18,25-27,32,40,51H,5,8,12-15,17,19-24,28H2,1-3H3,(H,52,60,62)/t32-,40?/m0/s1. The number of fused-ring (bicyclic) bond motifs is 2. The summed E-state index contributed by atoms with van der Waals surface area (Å²) in [5.74, 6) is -2.05. The molecule has 0 saturated carbocycles. The maximum atomic E-state index is 16.7. The molecular weight excluding hydrogens is 807 g/mol. The van der Waals surface area contributed by atoms with Crippen LogP contribution in [0.1, 0.15) is 71.4 Å². The summed E-state index contributed by atoms with van der Waals surface area (Å²) in [6.07, 6.45) is 6.65. The molecule has 6 heterocycles. The Morgan fingerprint density at radius 2 is 1.78 bits per heavy atom. The first-order chi connectivity index (χ1) is 30.4. The van der Waals surface area contributed by atoms with Crippen LogP contribution < -0.4 is 10.2 Å². The normalized spacial score (nSPS) is 18.7. The van der Waals surface area contributed by atoms with Crippen LogP contribution in [0.5, 0.6) is 0 Å². The first-order valence-electron chi connectivity index (χ1n) is 21.8. The molecule has 3 aromatic heterocycles. The molecule has 6 aromatic rings. The quantitative estimate of drug-likeness (QED) is 0.156. The van der Waals surface area contributed by atoms with Crippen molar-refractivity contribution < 1.29 is 28.0 Å². The molecule has 0 spiro atoms. The van der Waals surface area contributed by atoms with E-state index in [0.717, 1.165) is 48.2 Å². The molecule has 0 radical (unpaired) electrons. The van der Waals surface area contributed by atoms with Crippen molar-refractivity contribution in [3.8, 4) is 11.1 Å². The highest BCUT2D eigenvalue weighted by atomic mass is 19.1. The minimum atomic E-state index is -0.526. The molecule has 16 heteroatoms. The first kappa shape index (κ1) is 41.9. The molecule has 0 aliphatic carbocycles. The van der Waals surface area contributed by atoms with Gasteiger partial charge in [0.2, 0.25) is 11.8 Å². The number of nitrogens with zero attached hydrogens (tertiary/aromatic N) is 8. The number of likely N-dealkylation sites (tertiary alicyclic amines) is 1. The lowest BCUT2D eigenvalue weighted by molar-refractivity contribution is -0.136.